The molecule has 2 heterocycles. The minimum absolute atomic E-state index is 0.0448. The third-order valence-corrected chi connectivity index (χ3v) is 9.09. The van der Waals surface area contributed by atoms with E-state index in [-0.39, 0.29) is 24.0 Å². The number of alkyl halides is 3. The van der Waals surface area contributed by atoms with Gasteiger partial charge in [0.1, 0.15) is 0 Å². The van der Waals surface area contributed by atoms with Crippen molar-refractivity contribution in [1.29, 1.82) is 0 Å². The molecule has 3 fully saturated rings. The van der Waals surface area contributed by atoms with Crippen LogP contribution in [0.2, 0.25) is 0 Å². The molecule has 4 atom stereocenters. The maximum atomic E-state index is 13.9. The molecule has 0 bridgehead atoms. The van der Waals surface area contributed by atoms with Crippen molar-refractivity contribution in [3.63, 3.8) is 0 Å². The van der Waals surface area contributed by atoms with Crippen LogP contribution in [0.1, 0.15) is 63.5 Å². The highest BCUT2D eigenvalue weighted by atomic mass is 19.4. The van der Waals surface area contributed by atoms with E-state index in [1.807, 2.05) is 4.90 Å². The Balaban J connectivity index is 1.36. The molecule has 0 radical (unpaired) electrons. The monoisotopic (exact) mass is 526 g/mol. The van der Waals surface area contributed by atoms with Gasteiger partial charge >= 0.3 is 6.18 Å². The maximum absolute atomic E-state index is 13.9. The number of aliphatic hydroxyl groups is 1. The zero-order valence-corrected chi connectivity index (χ0v) is 22.2. The van der Waals surface area contributed by atoms with Crippen molar-refractivity contribution in [2.45, 2.75) is 76.3 Å². The smallest absolute Gasteiger partial charge is 0.385 e. The summed E-state index contributed by atoms with van der Waals surface area (Å²) in [4.78, 5) is 15.7. The number of nitrogens with zero attached hydrogens (tertiary/aromatic N) is 1. The second-order valence-corrected chi connectivity index (χ2v) is 11.5. The first kappa shape index (κ1) is 28.3. The van der Waals surface area contributed by atoms with Crippen LogP contribution in [0.25, 0.3) is 0 Å². The number of rotatable bonds is 7. The Labute approximate surface area is 217 Å². The van der Waals surface area contributed by atoms with Crippen molar-refractivity contribution in [2.75, 3.05) is 40.0 Å². The van der Waals surface area contributed by atoms with E-state index in [0.717, 1.165) is 51.0 Å². The Hall–Kier alpha value is -1.68. The highest BCUT2D eigenvalue weighted by Crippen LogP contribution is 2.49. The van der Waals surface area contributed by atoms with Crippen LogP contribution in [0.4, 0.5) is 13.2 Å². The highest BCUT2D eigenvalue weighted by Gasteiger charge is 2.50. The van der Waals surface area contributed by atoms with Crippen LogP contribution < -0.4 is 5.32 Å². The summed E-state index contributed by atoms with van der Waals surface area (Å²) in [5.41, 5.74) is -1.91. The van der Waals surface area contributed by atoms with Gasteiger partial charge in [-0.05, 0) is 74.6 Å². The molecule has 1 aliphatic carbocycles. The first-order valence-corrected chi connectivity index (χ1v) is 13.5. The normalized spacial score (nSPS) is 30.6. The minimum atomic E-state index is -4.41. The van der Waals surface area contributed by atoms with Gasteiger partial charge in [-0.25, -0.2) is 0 Å². The molecule has 3 aliphatic rings. The van der Waals surface area contributed by atoms with Crippen molar-refractivity contribution in [3.05, 3.63) is 35.4 Å². The second kappa shape index (κ2) is 11.2. The quantitative estimate of drug-likeness (QED) is 0.553. The van der Waals surface area contributed by atoms with Gasteiger partial charge in [-0.2, -0.15) is 13.2 Å². The summed E-state index contributed by atoms with van der Waals surface area (Å²) in [6.45, 7) is 7.20. The number of hydrogen-bond donors (Lipinski definition) is 2. The van der Waals surface area contributed by atoms with Gasteiger partial charge < -0.3 is 24.8 Å². The third kappa shape index (κ3) is 6.00. The molecule has 37 heavy (non-hydrogen) atoms. The van der Waals surface area contributed by atoms with E-state index in [2.05, 4.69) is 19.2 Å². The average Bonchev–Trinajstić information content (AvgIpc) is 3.33. The highest BCUT2D eigenvalue weighted by molar-refractivity contribution is 5.83. The Morgan fingerprint density at radius 2 is 1.86 bits per heavy atom. The van der Waals surface area contributed by atoms with Crippen molar-refractivity contribution in [2.24, 2.45) is 17.3 Å². The molecule has 2 N–H and O–H groups in total. The fourth-order valence-corrected chi connectivity index (χ4v) is 6.47. The van der Waals surface area contributed by atoms with Crippen LogP contribution in [0.3, 0.4) is 0 Å². The number of nitrogens with one attached hydrogen (secondary N) is 1. The minimum Gasteiger partial charge on any atom is -0.385 e. The predicted octanol–water partition coefficient (Wildman–Crippen LogP) is 4.35. The molecular formula is C28H41F3N2O4. The fraction of sp³-hybridized carbons (Fsp3) is 0.750. The van der Waals surface area contributed by atoms with E-state index < -0.39 is 22.8 Å². The zero-order chi connectivity index (χ0) is 26.8. The lowest BCUT2D eigenvalue weighted by Crippen LogP contribution is -2.52. The van der Waals surface area contributed by atoms with Crippen molar-refractivity contribution < 1.29 is 32.5 Å². The number of hydrogen-bond acceptors (Lipinski definition) is 5. The van der Waals surface area contributed by atoms with E-state index in [1.54, 1.807) is 7.11 Å². The molecule has 208 valence electrons. The topological polar surface area (TPSA) is 71.0 Å². The molecule has 6 nitrogen and oxygen atoms in total. The van der Waals surface area contributed by atoms with Gasteiger partial charge in [0.15, 0.2) is 0 Å². The van der Waals surface area contributed by atoms with Gasteiger partial charge in [-0.15, -0.1) is 0 Å². The second-order valence-electron chi connectivity index (χ2n) is 11.5. The summed E-state index contributed by atoms with van der Waals surface area (Å²) in [6, 6.07) is 5.00. The van der Waals surface area contributed by atoms with E-state index in [0.29, 0.717) is 44.0 Å². The van der Waals surface area contributed by atoms with Crippen LogP contribution in [0.15, 0.2) is 24.3 Å². The number of likely N-dealkylation sites (tertiary alicyclic amines) is 1. The largest absolute Gasteiger partial charge is 0.416 e. The molecule has 2 aliphatic heterocycles. The van der Waals surface area contributed by atoms with Crippen molar-refractivity contribution in [3.8, 4) is 0 Å². The summed E-state index contributed by atoms with van der Waals surface area (Å²) in [7, 11) is 1.71. The lowest BCUT2D eigenvalue weighted by atomic mass is 9.73. The molecule has 1 amide bonds. The summed E-state index contributed by atoms with van der Waals surface area (Å²) < 4.78 is 49.9. The van der Waals surface area contributed by atoms with Crippen LogP contribution in [0, 0.1) is 17.3 Å². The zero-order valence-electron chi connectivity index (χ0n) is 22.2. The summed E-state index contributed by atoms with van der Waals surface area (Å²) in [6.07, 6.45) is -0.169. The summed E-state index contributed by atoms with van der Waals surface area (Å²) >= 11 is 0. The average molecular weight is 527 g/mol. The number of ether oxygens (including phenoxy) is 2. The van der Waals surface area contributed by atoms with Crippen LogP contribution in [0.5, 0.6) is 0 Å². The van der Waals surface area contributed by atoms with Crippen molar-refractivity contribution >= 4 is 5.91 Å². The van der Waals surface area contributed by atoms with Crippen molar-refractivity contribution in [1.82, 2.24) is 10.2 Å². The first-order chi connectivity index (χ1) is 17.5. The first-order valence-electron chi connectivity index (χ1n) is 13.5. The molecule has 9 heteroatoms. The predicted molar refractivity (Wildman–Crippen MR) is 134 cm³/mol. The summed E-state index contributed by atoms with van der Waals surface area (Å²) in [5, 5.41) is 14.9. The van der Waals surface area contributed by atoms with Crippen LogP contribution in [-0.2, 0) is 26.0 Å². The summed E-state index contributed by atoms with van der Waals surface area (Å²) in [5.74, 6) is 0.747. The molecule has 3 unspecified atom stereocenters. The number of carbonyl (C=O) groups excluding carboxylic acids is 1. The van der Waals surface area contributed by atoms with Gasteiger partial charge in [-0.1, -0.05) is 26.0 Å². The molecule has 1 saturated carbocycles. The van der Waals surface area contributed by atoms with Crippen LogP contribution >= 0.6 is 0 Å². The Kier molecular flexibility index (Phi) is 8.58. The molecule has 2 saturated heterocycles. The molecular weight excluding hydrogens is 485 g/mol. The number of benzene rings is 1. The number of piperidine rings is 1. The SMILES string of the molecule is COC1COCCC1NCC1CC[C@@](C(=O)N2CCC(O)(c3ccc(C(F)(F)F)cc3)CC2)(C(C)C)C1. The molecule has 1 aromatic rings. The Bertz CT molecular complexity index is 915. The number of carbonyl (C=O) groups is 1. The van der Waals surface area contributed by atoms with Gasteiger partial charge in [0.25, 0.3) is 0 Å². The Morgan fingerprint density at radius 3 is 2.46 bits per heavy atom. The standard InChI is InChI=1S/C28H41F3N2O4/c1-19(2)26(10-8-20(16-26)17-32-23-9-15-37-18-24(23)36-3)25(34)33-13-11-27(35,12-14-33)21-4-6-22(7-5-21)28(29,30)31/h4-7,19-20,23-24,32,35H,8-18H2,1-3H3/t20?,23?,24?,26-/m0/s1. The van der Waals surface area contributed by atoms with E-state index in [9.17, 15) is 23.1 Å². The lowest BCUT2D eigenvalue weighted by Gasteiger charge is -2.43. The van der Waals surface area contributed by atoms with Gasteiger partial charge in [0, 0.05) is 32.8 Å². The van der Waals surface area contributed by atoms with E-state index in [1.165, 1.54) is 12.1 Å². The third-order valence-electron chi connectivity index (χ3n) is 9.09. The maximum Gasteiger partial charge on any atom is 0.416 e. The number of amides is 1. The molecule has 4 rings (SSSR count). The number of methoxy groups -OCH3 is 1. The van der Waals surface area contributed by atoms with Gasteiger partial charge in [-0.3, -0.25) is 4.79 Å². The molecule has 0 spiro atoms. The van der Waals surface area contributed by atoms with E-state index in [4.69, 9.17) is 9.47 Å². The molecule has 0 aromatic heterocycles. The lowest BCUT2D eigenvalue weighted by molar-refractivity contribution is -0.149. The fourth-order valence-electron chi connectivity index (χ4n) is 6.47. The van der Waals surface area contributed by atoms with Crippen LogP contribution in [-0.4, -0.2) is 68.0 Å². The Morgan fingerprint density at radius 1 is 1.19 bits per heavy atom. The van der Waals surface area contributed by atoms with Gasteiger partial charge in [0.2, 0.25) is 5.91 Å². The van der Waals surface area contributed by atoms with E-state index >= 15 is 0 Å². The van der Waals surface area contributed by atoms with Gasteiger partial charge in [0.05, 0.1) is 29.3 Å². The number of halogens is 3. The molecule has 1 aromatic carbocycles.